The predicted octanol–water partition coefficient (Wildman–Crippen LogP) is 3.17. The van der Waals surface area contributed by atoms with Crippen molar-refractivity contribution in [1.29, 1.82) is 0 Å². The topological polar surface area (TPSA) is 58.2 Å². The highest BCUT2D eigenvalue weighted by atomic mass is 19.1. The quantitative estimate of drug-likeness (QED) is 0.685. The van der Waals surface area contributed by atoms with Gasteiger partial charge in [-0.05, 0) is 25.5 Å². The number of unbranched alkanes of at least 4 members (excludes halogenated alkanes) is 2. The molecule has 2 amide bonds. The number of halogens is 2. The fourth-order valence-electron chi connectivity index (χ4n) is 2.18. The monoisotopic (exact) mass is 326 g/mol. The van der Waals surface area contributed by atoms with Gasteiger partial charge in [0.15, 0.2) is 0 Å². The Balaban J connectivity index is 2.30. The maximum atomic E-state index is 13.4. The first-order valence-electron chi connectivity index (χ1n) is 7.96. The summed E-state index contributed by atoms with van der Waals surface area (Å²) in [6, 6.07) is 2.84. The van der Waals surface area contributed by atoms with E-state index >= 15 is 0 Å². The molecule has 0 aliphatic rings. The Bertz CT molecular complexity index is 535. The zero-order chi connectivity index (χ0) is 17.2. The molecule has 4 nitrogen and oxygen atoms in total. The second kappa shape index (κ2) is 9.92. The Morgan fingerprint density at radius 1 is 1.22 bits per heavy atom. The largest absolute Gasteiger partial charge is 0.354 e. The highest BCUT2D eigenvalue weighted by Gasteiger charge is 2.13. The summed E-state index contributed by atoms with van der Waals surface area (Å²) in [5.41, 5.74) is -0.236. The Morgan fingerprint density at radius 3 is 2.61 bits per heavy atom. The molecule has 1 unspecified atom stereocenters. The maximum absolute atomic E-state index is 13.4. The molecule has 1 aromatic carbocycles. The van der Waals surface area contributed by atoms with E-state index < -0.39 is 17.5 Å². The molecule has 0 spiro atoms. The summed E-state index contributed by atoms with van der Waals surface area (Å²) in [5, 5.41) is 5.31. The van der Waals surface area contributed by atoms with E-state index in [-0.39, 0.29) is 30.5 Å². The average molecular weight is 326 g/mol. The van der Waals surface area contributed by atoms with Crippen molar-refractivity contribution >= 4 is 11.8 Å². The van der Waals surface area contributed by atoms with Gasteiger partial charge in [-0.2, -0.15) is 0 Å². The van der Waals surface area contributed by atoms with Gasteiger partial charge in [0, 0.05) is 25.1 Å². The minimum Gasteiger partial charge on any atom is -0.354 e. The van der Waals surface area contributed by atoms with Crippen LogP contribution in [0.1, 0.15) is 56.3 Å². The molecular weight excluding hydrogens is 302 g/mol. The number of amides is 2. The van der Waals surface area contributed by atoms with Crippen LogP contribution in [-0.4, -0.2) is 24.4 Å². The van der Waals surface area contributed by atoms with E-state index in [2.05, 4.69) is 17.6 Å². The van der Waals surface area contributed by atoms with Crippen LogP contribution in [0.2, 0.25) is 0 Å². The molecule has 0 saturated carbocycles. The van der Waals surface area contributed by atoms with Crippen LogP contribution in [0.3, 0.4) is 0 Å². The van der Waals surface area contributed by atoms with Crippen molar-refractivity contribution in [3.63, 3.8) is 0 Å². The van der Waals surface area contributed by atoms with Crippen molar-refractivity contribution in [2.24, 2.45) is 0 Å². The smallest absolute Gasteiger partial charge is 0.254 e. The van der Waals surface area contributed by atoms with Gasteiger partial charge in [0.05, 0.1) is 5.56 Å². The van der Waals surface area contributed by atoms with Crippen molar-refractivity contribution in [3.8, 4) is 0 Å². The minimum absolute atomic E-state index is 0.0966. The van der Waals surface area contributed by atoms with Gasteiger partial charge < -0.3 is 10.6 Å². The lowest BCUT2D eigenvalue weighted by Crippen LogP contribution is -2.35. The van der Waals surface area contributed by atoms with Crippen LogP contribution < -0.4 is 10.6 Å². The van der Waals surface area contributed by atoms with Crippen LogP contribution in [-0.2, 0) is 4.79 Å². The lowest BCUT2D eigenvalue weighted by Gasteiger charge is -2.13. The van der Waals surface area contributed by atoms with Crippen molar-refractivity contribution in [1.82, 2.24) is 10.6 Å². The molecule has 0 aromatic heterocycles. The number of carbonyl (C=O) groups excluding carboxylic acids is 2. The molecule has 1 rings (SSSR count). The van der Waals surface area contributed by atoms with Crippen LogP contribution in [0.5, 0.6) is 0 Å². The summed E-state index contributed by atoms with van der Waals surface area (Å²) in [5.74, 6) is -2.48. The van der Waals surface area contributed by atoms with Crippen LogP contribution in [0, 0.1) is 11.6 Å². The lowest BCUT2D eigenvalue weighted by molar-refractivity contribution is -0.121. The molecule has 0 heterocycles. The van der Waals surface area contributed by atoms with Crippen LogP contribution in [0.15, 0.2) is 18.2 Å². The van der Waals surface area contributed by atoms with Crippen molar-refractivity contribution in [2.75, 3.05) is 6.54 Å². The van der Waals surface area contributed by atoms with Gasteiger partial charge in [0.25, 0.3) is 5.91 Å². The summed E-state index contributed by atoms with van der Waals surface area (Å²) in [4.78, 5) is 23.5. The third kappa shape index (κ3) is 7.21. The SMILES string of the molecule is CCCCCC(C)NC(=O)CCNC(=O)c1ccc(F)cc1F. The van der Waals surface area contributed by atoms with Crippen LogP contribution >= 0.6 is 0 Å². The Labute approximate surface area is 135 Å². The van der Waals surface area contributed by atoms with Crippen molar-refractivity contribution < 1.29 is 18.4 Å². The molecule has 0 fully saturated rings. The number of benzene rings is 1. The molecule has 0 radical (unpaired) electrons. The van der Waals surface area contributed by atoms with Crippen molar-refractivity contribution in [2.45, 2.75) is 52.0 Å². The van der Waals surface area contributed by atoms with Crippen LogP contribution in [0.25, 0.3) is 0 Å². The molecule has 1 aromatic rings. The predicted molar refractivity (Wildman–Crippen MR) is 85.1 cm³/mol. The fourth-order valence-corrected chi connectivity index (χ4v) is 2.18. The normalized spacial score (nSPS) is 11.8. The van der Waals surface area contributed by atoms with E-state index in [1.54, 1.807) is 0 Å². The van der Waals surface area contributed by atoms with Gasteiger partial charge >= 0.3 is 0 Å². The highest BCUT2D eigenvalue weighted by Crippen LogP contribution is 2.09. The number of carbonyl (C=O) groups is 2. The summed E-state index contributed by atoms with van der Waals surface area (Å²) in [7, 11) is 0. The molecule has 6 heteroatoms. The fraction of sp³-hybridized carbons (Fsp3) is 0.529. The second-order valence-electron chi connectivity index (χ2n) is 5.59. The molecule has 2 N–H and O–H groups in total. The molecule has 0 saturated heterocycles. The third-order valence-electron chi connectivity index (χ3n) is 3.46. The van der Waals surface area contributed by atoms with Gasteiger partial charge in [0.1, 0.15) is 11.6 Å². The van der Waals surface area contributed by atoms with E-state index in [0.29, 0.717) is 6.07 Å². The standard InChI is InChI=1S/C17H24F2N2O2/c1-3-4-5-6-12(2)21-16(22)9-10-20-17(23)14-8-7-13(18)11-15(14)19/h7-8,11-12H,3-6,9-10H2,1-2H3,(H,20,23)(H,21,22). The summed E-state index contributed by atoms with van der Waals surface area (Å²) < 4.78 is 26.2. The zero-order valence-corrected chi connectivity index (χ0v) is 13.6. The number of rotatable bonds is 9. The average Bonchev–Trinajstić information content (AvgIpc) is 2.47. The summed E-state index contributed by atoms with van der Waals surface area (Å²) >= 11 is 0. The first kappa shape index (κ1) is 19.1. The second-order valence-corrected chi connectivity index (χ2v) is 5.59. The van der Waals surface area contributed by atoms with Gasteiger partial charge in [-0.25, -0.2) is 8.78 Å². The Hall–Kier alpha value is -1.98. The summed E-state index contributed by atoms with van der Waals surface area (Å²) in [6.07, 6.45) is 4.38. The van der Waals surface area contributed by atoms with Gasteiger partial charge in [-0.15, -0.1) is 0 Å². The first-order chi connectivity index (χ1) is 10.9. The van der Waals surface area contributed by atoms with E-state index in [9.17, 15) is 18.4 Å². The molecule has 1 atom stereocenters. The van der Waals surface area contributed by atoms with Gasteiger partial charge in [0.2, 0.25) is 5.91 Å². The molecule has 0 bridgehead atoms. The Morgan fingerprint density at radius 2 is 1.96 bits per heavy atom. The van der Waals surface area contributed by atoms with Gasteiger partial charge in [-0.3, -0.25) is 9.59 Å². The molecule has 0 aliphatic carbocycles. The number of hydrogen-bond acceptors (Lipinski definition) is 2. The number of nitrogens with one attached hydrogen (secondary N) is 2. The molecule has 128 valence electrons. The minimum atomic E-state index is -0.920. The van der Waals surface area contributed by atoms with E-state index in [0.717, 1.165) is 37.8 Å². The van der Waals surface area contributed by atoms with E-state index in [4.69, 9.17) is 0 Å². The number of hydrogen-bond donors (Lipinski definition) is 2. The Kier molecular flexibility index (Phi) is 8.22. The van der Waals surface area contributed by atoms with E-state index in [1.807, 2.05) is 6.92 Å². The highest BCUT2D eigenvalue weighted by molar-refractivity contribution is 5.94. The van der Waals surface area contributed by atoms with E-state index in [1.165, 1.54) is 0 Å². The molecular formula is C17H24F2N2O2. The van der Waals surface area contributed by atoms with Crippen LogP contribution in [0.4, 0.5) is 8.78 Å². The third-order valence-corrected chi connectivity index (χ3v) is 3.46. The van der Waals surface area contributed by atoms with Gasteiger partial charge in [-0.1, -0.05) is 26.2 Å². The lowest BCUT2D eigenvalue weighted by atomic mass is 10.1. The maximum Gasteiger partial charge on any atom is 0.254 e. The first-order valence-corrected chi connectivity index (χ1v) is 7.96. The van der Waals surface area contributed by atoms with Crippen molar-refractivity contribution in [3.05, 3.63) is 35.4 Å². The molecule has 23 heavy (non-hydrogen) atoms. The summed E-state index contributed by atoms with van der Waals surface area (Å²) in [6.45, 7) is 4.17. The molecule has 0 aliphatic heterocycles. The zero-order valence-electron chi connectivity index (χ0n) is 13.6.